The Morgan fingerprint density at radius 2 is 1.95 bits per heavy atom. The lowest BCUT2D eigenvalue weighted by Gasteiger charge is -2.17. The first-order valence-electron chi connectivity index (χ1n) is 7.41. The Balaban J connectivity index is 2.01. The number of benzene rings is 1. The molecule has 112 valence electrons. The lowest BCUT2D eigenvalue weighted by Crippen LogP contribution is -2.03. The molecule has 0 bridgehead atoms. The molecule has 0 amide bonds. The largest absolute Gasteiger partial charge is 0.492 e. The molecule has 0 heterocycles. The van der Waals surface area contributed by atoms with Gasteiger partial charge in [-0.15, -0.1) is 0 Å². The predicted molar refractivity (Wildman–Crippen MR) is 83.8 cm³/mol. The summed E-state index contributed by atoms with van der Waals surface area (Å²) in [7, 11) is 0. The quantitative estimate of drug-likeness (QED) is 0.761. The Labute approximate surface area is 131 Å². The molecule has 1 N–H and O–H groups in total. The van der Waals surface area contributed by atoms with Crippen LogP contribution in [0.1, 0.15) is 57.1 Å². The van der Waals surface area contributed by atoms with Gasteiger partial charge in [-0.1, -0.05) is 48.9 Å². The van der Waals surface area contributed by atoms with Crippen LogP contribution in [-0.2, 0) is 0 Å². The Bertz CT molecular complexity index is 442. The molecule has 2 rings (SSSR count). The average Bonchev–Trinajstić information content (AvgIpc) is 2.93. The van der Waals surface area contributed by atoms with Gasteiger partial charge in [0, 0.05) is 11.6 Å². The fourth-order valence-electron chi connectivity index (χ4n) is 2.91. The van der Waals surface area contributed by atoms with E-state index in [1.165, 1.54) is 25.7 Å². The number of rotatable bonds is 6. The molecule has 0 saturated heterocycles. The molecular formula is C16H22Cl2O2. The topological polar surface area (TPSA) is 29.5 Å². The fourth-order valence-corrected chi connectivity index (χ4v) is 3.42. The molecule has 2 nitrogen and oxygen atoms in total. The van der Waals surface area contributed by atoms with Gasteiger partial charge in [-0.2, -0.15) is 0 Å². The van der Waals surface area contributed by atoms with E-state index in [1.54, 1.807) is 12.1 Å². The predicted octanol–water partition coefficient (Wildman–Crippen LogP) is 5.40. The summed E-state index contributed by atoms with van der Waals surface area (Å²) >= 11 is 12.4. The van der Waals surface area contributed by atoms with Crippen molar-refractivity contribution in [2.45, 2.75) is 51.6 Å². The highest BCUT2D eigenvalue weighted by Gasteiger charge is 2.19. The van der Waals surface area contributed by atoms with E-state index in [-0.39, 0.29) is 0 Å². The van der Waals surface area contributed by atoms with Gasteiger partial charge < -0.3 is 9.84 Å². The standard InChI is InChI=1S/C16H22Cl2O2/c1-2-20-16-10-13(17)12(9-14(16)18)15(19)8-7-11-5-3-4-6-11/h9-11,15,19H,2-8H2,1H3. The number of aliphatic hydroxyl groups is 1. The van der Waals surface area contributed by atoms with E-state index in [9.17, 15) is 5.11 Å². The highest BCUT2D eigenvalue weighted by Crippen LogP contribution is 2.37. The van der Waals surface area contributed by atoms with Crippen LogP contribution in [0.15, 0.2) is 12.1 Å². The molecule has 1 aromatic rings. The Morgan fingerprint density at radius 1 is 1.25 bits per heavy atom. The number of ether oxygens (including phenoxy) is 1. The van der Waals surface area contributed by atoms with Crippen LogP contribution in [0.5, 0.6) is 5.75 Å². The highest BCUT2D eigenvalue weighted by molar-refractivity contribution is 6.34. The molecule has 1 atom stereocenters. The fraction of sp³-hybridized carbons (Fsp3) is 0.625. The Morgan fingerprint density at radius 3 is 2.60 bits per heavy atom. The third-order valence-electron chi connectivity index (χ3n) is 4.03. The zero-order chi connectivity index (χ0) is 14.5. The maximum atomic E-state index is 10.3. The van der Waals surface area contributed by atoms with Gasteiger partial charge in [0.1, 0.15) is 5.75 Å². The summed E-state index contributed by atoms with van der Waals surface area (Å²) < 4.78 is 5.40. The smallest absolute Gasteiger partial charge is 0.139 e. The van der Waals surface area contributed by atoms with Crippen molar-refractivity contribution >= 4 is 23.2 Å². The number of aliphatic hydroxyl groups excluding tert-OH is 1. The maximum Gasteiger partial charge on any atom is 0.139 e. The summed E-state index contributed by atoms with van der Waals surface area (Å²) in [6.07, 6.45) is 6.51. The van der Waals surface area contributed by atoms with E-state index in [0.717, 1.165) is 18.8 Å². The van der Waals surface area contributed by atoms with Crippen LogP contribution in [0.4, 0.5) is 0 Å². The molecule has 0 aromatic heterocycles. The molecule has 0 radical (unpaired) electrons. The minimum absolute atomic E-state index is 0.506. The zero-order valence-corrected chi connectivity index (χ0v) is 13.4. The van der Waals surface area contributed by atoms with Crippen molar-refractivity contribution in [3.8, 4) is 5.75 Å². The lowest BCUT2D eigenvalue weighted by atomic mass is 9.96. The second kappa shape index (κ2) is 7.53. The number of hydrogen-bond acceptors (Lipinski definition) is 2. The normalized spacial score (nSPS) is 17.4. The average molecular weight is 317 g/mol. The van der Waals surface area contributed by atoms with Gasteiger partial charge in [0.15, 0.2) is 0 Å². The molecule has 4 heteroatoms. The van der Waals surface area contributed by atoms with Gasteiger partial charge in [0.25, 0.3) is 0 Å². The van der Waals surface area contributed by atoms with Crippen LogP contribution in [0.2, 0.25) is 10.0 Å². The van der Waals surface area contributed by atoms with Crippen molar-refractivity contribution in [2.75, 3.05) is 6.61 Å². The summed E-state index contributed by atoms with van der Waals surface area (Å²) in [6, 6.07) is 3.43. The minimum Gasteiger partial charge on any atom is -0.492 e. The zero-order valence-electron chi connectivity index (χ0n) is 11.9. The second-order valence-corrected chi connectivity index (χ2v) is 6.30. The first kappa shape index (κ1) is 15.9. The molecular weight excluding hydrogens is 295 g/mol. The van der Waals surface area contributed by atoms with Gasteiger partial charge in [-0.25, -0.2) is 0 Å². The van der Waals surface area contributed by atoms with E-state index >= 15 is 0 Å². The molecule has 1 aromatic carbocycles. The second-order valence-electron chi connectivity index (χ2n) is 5.48. The Kier molecular flexibility index (Phi) is 6.01. The molecule has 1 fully saturated rings. The molecule has 1 saturated carbocycles. The molecule has 20 heavy (non-hydrogen) atoms. The van der Waals surface area contributed by atoms with E-state index in [4.69, 9.17) is 27.9 Å². The van der Waals surface area contributed by atoms with Crippen LogP contribution in [-0.4, -0.2) is 11.7 Å². The van der Waals surface area contributed by atoms with Crippen LogP contribution < -0.4 is 4.74 Å². The van der Waals surface area contributed by atoms with Crippen LogP contribution in [0, 0.1) is 5.92 Å². The third-order valence-corrected chi connectivity index (χ3v) is 4.66. The molecule has 1 unspecified atom stereocenters. The SMILES string of the molecule is CCOc1cc(Cl)c(C(O)CCC2CCCC2)cc1Cl. The monoisotopic (exact) mass is 316 g/mol. The highest BCUT2D eigenvalue weighted by atomic mass is 35.5. The van der Waals surface area contributed by atoms with Crippen molar-refractivity contribution < 1.29 is 9.84 Å². The summed E-state index contributed by atoms with van der Waals surface area (Å²) in [5, 5.41) is 11.4. The molecule has 0 spiro atoms. The van der Waals surface area contributed by atoms with Crippen LogP contribution >= 0.6 is 23.2 Å². The summed E-state index contributed by atoms with van der Waals surface area (Å²) in [5.74, 6) is 1.34. The third kappa shape index (κ3) is 4.03. The first-order chi connectivity index (χ1) is 9.61. The maximum absolute atomic E-state index is 10.3. The van der Waals surface area contributed by atoms with Crippen molar-refractivity contribution in [1.82, 2.24) is 0 Å². The van der Waals surface area contributed by atoms with E-state index in [2.05, 4.69) is 0 Å². The van der Waals surface area contributed by atoms with Gasteiger partial charge in [-0.3, -0.25) is 0 Å². The van der Waals surface area contributed by atoms with Crippen LogP contribution in [0.25, 0.3) is 0 Å². The van der Waals surface area contributed by atoms with Gasteiger partial charge in [-0.05, 0) is 31.7 Å². The number of hydrogen-bond donors (Lipinski definition) is 1. The van der Waals surface area contributed by atoms with E-state index in [1.807, 2.05) is 6.92 Å². The molecule has 1 aliphatic carbocycles. The van der Waals surface area contributed by atoms with Gasteiger partial charge in [0.2, 0.25) is 0 Å². The van der Waals surface area contributed by atoms with Crippen molar-refractivity contribution in [3.63, 3.8) is 0 Å². The summed E-state index contributed by atoms with van der Waals surface area (Å²) in [6.45, 7) is 2.44. The first-order valence-corrected chi connectivity index (χ1v) is 8.17. The lowest BCUT2D eigenvalue weighted by molar-refractivity contribution is 0.157. The van der Waals surface area contributed by atoms with Gasteiger partial charge >= 0.3 is 0 Å². The Hall–Kier alpha value is -0.440. The minimum atomic E-state index is -0.545. The number of halogens is 2. The van der Waals surface area contributed by atoms with Crippen molar-refractivity contribution in [2.24, 2.45) is 5.92 Å². The van der Waals surface area contributed by atoms with Crippen LogP contribution in [0.3, 0.4) is 0 Å². The van der Waals surface area contributed by atoms with Crippen molar-refractivity contribution in [1.29, 1.82) is 0 Å². The van der Waals surface area contributed by atoms with E-state index < -0.39 is 6.10 Å². The van der Waals surface area contributed by atoms with Crippen molar-refractivity contribution in [3.05, 3.63) is 27.7 Å². The van der Waals surface area contributed by atoms with Gasteiger partial charge in [0.05, 0.1) is 22.8 Å². The summed E-state index contributed by atoms with van der Waals surface area (Å²) in [5.41, 5.74) is 0.707. The molecule has 0 aliphatic heterocycles. The molecule has 1 aliphatic rings. The summed E-state index contributed by atoms with van der Waals surface area (Å²) in [4.78, 5) is 0. The van der Waals surface area contributed by atoms with E-state index in [0.29, 0.717) is 28.0 Å².